The van der Waals surface area contributed by atoms with Crippen LogP contribution >= 0.6 is 0 Å². The second-order valence-electron chi connectivity index (χ2n) is 11.6. The van der Waals surface area contributed by atoms with E-state index in [1.54, 1.807) is 24.4 Å². The minimum Gasteiger partial charge on any atom is -0.368 e. The van der Waals surface area contributed by atoms with Crippen molar-refractivity contribution in [2.75, 3.05) is 32.5 Å². The zero-order valence-corrected chi connectivity index (χ0v) is 25.8. The second-order valence-corrected chi connectivity index (χ2v) is 13.4. The molecule has 47 heavy (non-hydrogen) atoms. The number of fused-ring (bicyclic) bond motifs is 5. The van der Waals surface area contributed by atoms with Gasteiger partial charge in [-0.2, -0.15) is 15.1 Å². The van der Waals surface area contributed by atoms with Crippen molar-refractivity contribution in [1.82, 2.24) is 20.2 Å². The Morgan fingerprint density at radius 1 is 0.851 bits per heavy atom. The van der Waals surface area contributed by atoms with Crippen LogP contribution in [0.15, 0.2) is 102 Å². The smallest absolute Gasteiger partial charge is 0.323 e. The van der Waals surface area contributed by atoms with Gasteiger partial charge in [-0.15, -0.1) is 0 Å². The first-order chi connectivity index (χ1) is 22.8. The van der Waals surface area contributed by atoms with Crippen LogP contribution in [-0.4, -0.2) is 47.2 Å². The van der Waals surface area contributed by atoms with Crippen LogP contribution in [0.1, 0.15) is 16.7 Å². The fourth-order valence-electron chi connectivity index (χ4n) is 6.41. The molecule has 6 N–H and O–H groups in total. The second kappa shape index (κ2) is 11.1. The van der Waals surface area contributed by atoms with Crippen molar-refractivity contribution in [2.45, 2.75) is 23.8 Å². The summed E-state index contributed by atoms with van der Waals surface area (Å²) in [6.07, 6.45) is 2.96. The molecule has 12 nitrogen and oxygen atoms in total. The van der Waals surface area contributed by atoms with Gasteiger partial charge in [-0.25, -0.2) is 13.2 Å². The molecule has 2 aromatic heterocycles. The van der Waals surface area contributed by atoms with Crippen LogP contribution < -0.4 is 26.0 Å². The van der Waals surface area contributed by atoms with Crippen LogP contribution in [0.3, 0.4) is 0 Å². The number of carbonyl (C=O) groups excluding carboxylic acids is 1. The van der Waals surface area contributed by atoms with Gasteiger partial charge in [-0.05, 0) is 77.1 Å². The number of para-hydroxylation sites is 1. The molecule has 1 atom stereocenters. The number of benzene rings is 4. The fourth-order valence-corrected chi connectivity index (χ4v) is 8.01. The number of nitrogens with one attached hydrogen (secondary N) is 4. The predicted octanol–water partition coefficient (Wildman–Crippen LogP) is 5.38. The zero-order chi connectivity index (χ0) is 32.1. The maximum atomic E-state index is 14.2. The molecule has 6 aromatic rings. The Morgan fingerprint density at radius 3 is 2.49 bits per heavy atom. The van der Waals surface area contributed by atoms with Crippen LogP contribution in [0.4, 0.5) is 33.6 Å². The van der Waals surface area contributed by atoms with Crippen LogP contribution in [0.2, 0.25) is 0 Å². The van der Waals surface area contributed by atoms with Gasteiger partial charge in [0.1, 0.15) is 5.82 Å². The summed E-state index contributed by atoms with van der Waals surface area (Å²) in [4.78, 5) is 21.6. The number of nitrogens with zero attached hydrogens (tertiary/aromatic N) is 4. The Bertz CT molecular complexity index is 2300. The Morgan fingerprint density at radius 2 is 1.62 bits per heavy atom. The molecule has 1 unspecified atom stereocenters. The monoisotopic (exact) mass is 643 g/mol. The summed E-state index contributed by atoms with van der Waals surface area (Å²) >= 11 is 0. The lowest BCUT2D eigenvalue weighted by molar-refractivity contribution is 0.262. The van der Waals surface area contributed by atoms with Crippen molar-refractivity contribution < 1.29 is 13.2 Å². The van der Waals surface area contributed by atoms with E-state index in [9.17, 15) is 13.2 Å². The number of amides is 2. The van der Waals surface area contributed by atoms with Gasteiger partial charge in [0.15, 0.2) is 5.65 Å². The molecule has 4 aromatic carbocycles. The van der Waals surface area contributed by atoms with Crippen molar-refractivity contribution in [1.29, 1.82) is 0 Å². The van der Waals surface area contributed by atoms with E-state index in [1.165, 1.54) is 27.6 Å². The lowest BCUT2D eigenvalue weighted by Gasteiger charge is -2.36. The molecule has 0 spiro atoms. The van der Waals surface area contributed by atoms with E-state index in [0.29, 0.717) is 40.3 Å². The Balaban J connectivity index is 1.02. The third kappa shape index (κ3) is 5.25. The highest BCUT2D eigenvalue weighted by Crippen LogP contribution is 2.38. The minimum absolute atomic E-state index is 0.0459. The first kappa shape index (κ1) is 28.5. The van der Waals surface area contributed by atoms with Crippen LogP contribution in [0.5, 0.6) is 0 Å². The molecule has 2 aliphatic rings. The van der Waals surface area contributed by atoms with Crippen molar-refractivity contribution in [2.24, 2.45) is 0 Å². The molecule has 13 heteroatoms. The molecule has 234 valence electrons. The molecular formula is C34H29N9O3S. The predicted molar refractivity (Wildman–Crippen MR) is 182 cm³/mol. The van der Waals surface area contributed by atoms with Crippen molar-refractivity contribution in [3.63, 3.8) is 0 Å². The number of urea groups is 1. The SMILES string of the molecule is Nc1nc(NC2Cc3ccccc3N(S(=O)(=O)c3cccc(NC(=O)Nc4ccc5c(c4)Cc4ccccc4-5)c3)C2)c2cn[nH]c2n1. The van der Waals surface area contributed by atoms with Gasteiger partial charge < -0.3 is 21.7 Å². The molecule has 0 bridgehead atoms. The number of aromatic nitrogens is 4. The minimum atomic E-state index is -4.05. The lowest BCUT2D eigenvalue weighted by atomic mass is 9.99. The average molecular weight is 644 g/mol. The highest BCUT2D eigenvalue weighted by atomic mass is 32.2. The van der Waals surface area contributed by atoms with Gasteiger partial charge in [-0.3, -0.25) is 9.40 Å². The van der Waals surface area contributed by atoms with Crippen LogP contribution in [0.25, 0.3) is 22.2 Å². The number of nitrogen functional groups attached to an aromatic ring is 1. The summed E-state index contributed by atoms with van der Waals surface area (Å²) in [6.45, 7) is 0.128. The lowest BCUT2D eigenvalue weighted by Crippen LogP contribution is -2.45. The fraction of sp³-hybridized carbons (Fsp3) is 0.118. The molecule has 2 amide bonds. The highest BCUT2D eigenvalue weighted by molar-refractivity contribution is 7.92. The van der Waals surface area contributed by atoms with E-state index in [-0.39, 0.29) is 23.4 Å². The number of rotatable bonds is 6. The zero-order valence-electron chi connectivity index (χ0n) is 24.9. The van der Waals surface area contributed by atoms with E-state index < -0.39 is 16.1 Å². The van der Waals surface area contributed by atoms with E-state index in [1.807, 2.05) is 48.5 Å². The van der Waals surface area contributed by atoms with Crippen LogP contribution in [-0.2, 0) is 22.9 Å². The van der Waals surface area contributed by atoms with Crippen molar-refractivity contribution >= 4 is 55.9 Å². The standard InChI is InChI=1S/C34H29N9O3S/c35-33-40-31(29-18-36-42-32(29)41-33)37-25-15-21-7-2-4-11-30(21)43(19-25)47(45,46)26-9-5-8-23(17-26)38-34(44)39-24-12-13-28-22(16-24)14-20-6-1-3-10-27(20)28/h1-13,16-18,25H,14-15,19H2,(H2,38,39,44)(H4,35,36,37,40,41,42). The molecule has 3 heterocycles. The number of hydrogen-bond acceptors (Lipinski definition) is 8. The molecule has 0 radical (unpaired) electrons. The van der Waals surface area contributed by atoms with Gasteiger partial charge >= 0.3 is 6.03 Å². The number of nitrogens with two attached hydrogens (primary N) is 1. The molecular weight excluding hydrogens is 615 g/mol. The summed E-state index contributed by atoms with van der Waals surface area (Å²) in [5.41, 5.74) is 13.6. The van der Waals surface area contributed by atoms with Gasteiger partial charge in [-0.1, -0.05) is 54.6 Å². The van der Waals surface area contributed by atoms with Gasteiger partial charge in [0, 0.05) is 11.4 Å². The summed E-state index contributed by atoms with van der Waals surface area (Å²) in [7, 11) is -4.05. The van der Waals surface area contributed by atoms with E-state index in [2.05, 4.69) is 48.2 Å². The summed E-state index contributed by atoms with van der Waals surface area (Å²) in [5, 5.41) is 16.5. The number of carbonyl (C=O) groups is 1. The van der Waals surface area contributed by atoms with E-state index >= 15 is 0 Å². The van der Waals surface area contributed by atoms with Gasteiger partial charge in [0.2, 0.25) is 5.95 Å². The quantitative estimate of drug-likeness (QED) is 0.161. The third-order valence-electron chi connectivity index (χ3n) is 8.51. The number of hydrogen-bond donors (Lipinski definition) is 5. The first-order valence-electron chi connectivity index (χ1n) is 15.0. The normalized spacial score (nSPS) is 15.1. The topological polar surface area (TPSA) is 171 Å². The number of anilines is 5. The molecule has 0 saturated carbocycles. The molecule has 0 fully saturated rings. The molecule has 1 aliphatic carbocycles. The van der Waals surface area contributed by atoms with Crippen molar-refractivity contribution in [3.8, 4) is 11.1 Å². The van der Waals surface area contributed by atoms with Crippen molar-refractivity contribution in [3.05, 3.63) is 114 Å². The number of sulfonamides is 1. The van der Waals surface area contributed by atoms with E-state index in [4.69, 9.17) is 5.73 Å². The van der Waals surface area contributed by atoms with E-state index in [0.717, 1.165) is 23.1 Å². The maximum Gasteiger partial charge on any atom is 0.323 e. The summed E-state index contributed by atoms with van der Waals surface area (Å²) < 4.78 is 29.8. The summed E-state index contributed by atoms with van der Waals surface area (Å²) in [5.74, 6) is 0.535. The average Bonchev–Trinajstić information content (AvgIpc) is 3.69. The molecule has 0 saturated heterocycles. The Labute approximate surface area is 270 Å². The number of H-pyrrole nitrogens is 1. The van der Waals surface area contributed by atoms with Gasteiger partial charge in [0.25, 0.3) is 10.0 Å². The molecule has 1 aliphatic heterocycles. The van der Waals surface area contributed by atoms with Gasteiger partial charge in [0.05, 0.1) is 34.8 Å². The maximum absolute atomic E-state index is 14.2. The third-order valence-corrected chi connectivity index (χ3v) is 10.3. The summed E-state index contributed by atoms with van der Waals surface area (Å²) in [6, 6.07) is 27.0. The molecule has 8 rings (SSSR count). The Kier molecular flexibility index (Phi) is 6.76. The Hall–Kier alpha value is -5.95. The largest absolute Gasteiger partial charge is 0.368 e. The van der Waals surface area contributed by atoms with Crippen LogP contribution in [0, 0.1) is 0 Å². The number of aromatic amines is 1. The first-order valence-corrected chi connectivity index (χ1v) is 16.5. The highest BCUT2D eigenvalue weighted by Gasteiger charge is 2.34.